The van der Waals surface area contributed by atoms with Gasteiger partial charge in [-0.25, -0.2) is 0 Å². The number of benzene rings is 2. The van der Waals surface area contributed by atoms with Crippen molar-refractivity contribution in [2.24, 2.45) is 5.92 Å². The van der Waals surface area contributed by atoms with Crippen LogP contribution in [-0.4, -0.2) is 41.2 Å². The van der Waals surface area contributed by atoms with E-state index in [1.807, 2.05) is 0 Å². The average Bonchev–Trinajstić information content (AvgIpc) is 3.29. The Bertz CT molecular complexity index is 1140. The van der Waals surface area contributed by atoms with Crippen molar-refractivity contribution >= 4 is 75.4 Å². The lowest BCUT2D eigenvalue weighted by Gasteiger charge is -2.19. The molecule has 0 radical (unpaired) electrons. The van der Waals surface area contributed by atoms with Crippen molar-refractivity contribution in [3.8, 4) is 0 Å². The van der Waals surface area contributed by atoms with E-state index in [-0.39, 0.29) is 16.3 Å². The van der Waals surface area contributed by atoms with Crippen LogP contribution in [0.5, 0.6) is 0 Å². The van der Waals surface area contributed by atoms with Gasteiger partial charge in [0.2, 0.25) is 5.91 Å². The van der Waals surface area contributed by atoms with Gasteiger partial charge in [-0.15, -0.1) is 23.2 Å². The lowest BCUT2D eigenvalue weighted by Crippen LogP contribution is -2.46. The smallest absolute Gasteiger partial charge is 0.326 e. The molecular formula is C21H14Cl5F5N2O2. The van der Waals surface area contributed by atoms with Crippen LogP contribution in [0, 0.1) is 5.92 Å². The van der Waals surface area contributed by atoms with Crippen molar-refractivity contribution in [2.75, 3.05) is 18.4 Å². The summed E-state index contributed by atoms with van der Waals surface area (Å²) in [5.74, 6) is -8.02. The van der Waals surface area contributed by atoms with Crippen LogP contribution in [-0.2, 0) is 4.79 Å². The highest BCUT2D eigenvalue weighted by molar-refractivity contribution is 6.53. The number of carbonyl (C=O) groups is 2. The molecule has 0 aliphatic heterocycles. The second-order valence-corrected chi connectivity index (χ2v) is 10.5. The molecule has 0 spiro atoms. The quantitative estimate of drug-likeness (QED) is 0.193. The van der Waals surface area contributed by atoms with Gasteiger partial charge in [0, 0.05) is 27.2 Å². The summed E-state index contributed by atoms with van der Waals surface area (Å²) >= 11 is 30.6. The molecule has 1 saturated carbocycles. The average molecular weight is 599 g/mol. The highest BCUT2D eigenvalue weighted by atomic mass is 35.5. The van der Waals surface area contributed by atoms with Gasteiger partial charge in [0.25, 0.3) is 0 Å². The molecule has 3 rings (SSSR count). The standard InChI is InChI=1S/C21H14Cl5F5N2O2/c22-10-3-9(4-11(23)5-10)16-17(20(16,25)26)18(35)33-12-1-2-14(24)13(6-12)15(34)7-32-8-19(27,28)21(29,30)31/h1-6,16-17,32H,7-8H2,(H,33,35). The Morgan fingerprint density at radius 2 is 1.54 bits per heavy atom. The molecule has 0 saturated heterocycles. The lowest BCUT2D eigenvalue weighted by molar-refractivity contribution is -0.279. The summed E-state index contributed by atoms with van der Waals surface area (Å²) in [6.07, 6.45) is -5.76. The molecule has 2 aromatic carbocycles. The maximum atomic E-state index is 13.0. The Balaban J connectivity index is 1.68. The van der Waals surface area contributed by atoms with Gasteiger partial charge in [0.05, 0.1) is 24.0 Å². The summed E-state index contributed by atoms with van der Waals surface area (Å²) in [5.41, 5.74) is 0.438. The van der Waals surface area contributed by atoms with E-state index in [2.05, 4.69) is 5.32 Å². The zero-order chi connectivity index (χ0) is 26.3. The minimum Gasteiger partial charge on any atom is -0.326 e. The first-order valence-corrected chi connectivity index (χ1v) is 11.6. The number of ketones is 1. The summed E-state index contributed by atoms with van der Waals surface area (Å²) in [7, 11) is 0. The molecule has 0 heterocycles. The minimum atomic E-state index is -5.76. The van der Waals surface area contributed by atoms with Crippen LogP contribution in [0.15, 0.2) is 36.4 Å². The maximum absolute atomic E-state index is 13.0. The first-order valence-electron chi connectivity index (χ1n) is 9.67. The van der Waals surface area contributed by atoms with Crippen LogP contribution >= 0.6 is 58.0 Å². The summed E-state index contributed by atoms with van der Waals surface area (Å²) in [6.45, 7) is -2.64. The highest BCUT2D eigenvalue weighted by Crippen LogP contribution is 2.65. The molecule has 1 aliphatic carbocycles. The van der Waals surface area contributed by atoms with E-state index in [0.29, 0.717) is 15.6 Å². The molecule has 2 unspecified atom stereocenters. The van der Waals surface area contributed by atoms with E-state index < -0.39 is 53.0 Å². The molecule has 4 nitrogen and oxygen atoms in total. The predicted octanol–water partition coefficient (Wildman–Crippen LogP) is 7.14. The second kappa shape index (κ2) is 10.2. The molecule has 1 fully saturated rings. The van der Waals surface area contributed by atoms with Crippen LogP contribution in [0.1, 0.15) is 21.8 Å². The number of nitrogens with one attached hydrogen (secondary N) is 2. The second-order valence-electron chi connectivity index (χ2n) is 7.75. The van der Waals surface area contributed by atoms with Crippen molar-refractivity contribution in [1.82, 2.24) is 5.32 Å². The largest absolute Gasteiger partial charge is 0.454 e. The van der Waals surface area contributed by atoms with Gasteiger partial charge in [-0.1, -0.05) is 34.8 Å². The monoisotopic (exact) mass is 596 g/mol. The SMILES string of the molecule is O=C(CNCC(F)(F)C(F)(F)F)c1cc(NC(=O)C2C(c3cc(Cl)cc(Cl)c3)C2(Cl)Cl)ccc1Cl. The topological polar surface area (TPSA) is 58.2 Å². The van der Waals surface area contributed by atoms with Crippen LogP contribution < -0.4 is 10.6 Å². The molecule has 1 aliphatic rings. The van der Waals surface area contributed by atoms with Crippen molar-refractivity contribution in [3.05, 3.63) is 62.6 Å². The molecule has 0 aromatic heterocycles. The number of rotatable bonds is 8. The Hall–Kier alpha value is -1.36. The van der Waals surface area contributed by atoms with Gasteiger partial charge in [0.1, 0.15) is 4.33 Å². The summed E-state index contributed by atoms with van der Waals surface area (Å²) in [5, 5.41) is 4.86. The summed E-state index contributed by atoms with van der Waals surface area (Å²) in [4.78, 5) is 25.2. The number of carbonyl (C=O) groups excluding carboxylic acids is 2. The zero-order valence-electron chi connectivity index (χ0n) is 17.1. The number of hydrogen-bond acceptors (Lipinski definition) is 3. The molecule has 190 valence electrons. The lowest BCUT2D eigenvalue weighted by atomic mass is 10.1. The van der Waals surface area contributed by atoms with Crippen LogP contribution in [0.3, 0.4) is 0 Å². The molecule has 2 atom stereocenters. The molecular weight excluding hydrogens is 584 g/mol. The Labute approximate surface area is 221 Å². The highest BCUT2D eigenvalue weighted by Gasteiger charge is 2.67. The number of hydrogen-bond donors (Lipinski definition) is 2. The first-order chi connectivity index (χ1) is 16.0. The maximum Gasteiger partial charge on any atom is 0.454 e. The number of Topliss-reactive ketones (excluding diaryl/α,β-unsaturated/α-hetero) is 1. The van der Waals surface area contributed by atoms with Gasteiger partial charge in [0.15, 0.2) is 5.78 Å². The fourth-order valence-corrected chi connectivity index (χ4v) is 4.98. The van der Waals surface area contributed by atoms with Crippen molar-refractivity contribution in [3.63, 3.8) is 0 Å². The Morgan fingerprint density at radius 1 is 0.943 bits per heavy atom. The Morgan fingerprint density at radius 3 is 2.11 bits per heavy atom. The first kappa shape index (κ1) is 28.2. The van der Waals surface area contributed by atoms with Gasteiger partial charge >= 0.3 is 12.1 Å². The zero-order valence-corrected chi connectivity index (χ0v) is 20.9. The normalized spacial score (nSPS) is 19.4. The minimum absolute atomic E-state index is 0.0979. The van der Waals surface area contributed by atoms with Crippen molar-refractivity contribution in [2.45, 2.75) is 22.4 Å². The predicted molar refractivity (Wildman–Crippen MR) is 125 cm³/mol. The molecule has 2 aromatic rings. The van der Waals surface area contributed by atoms with Gasteiger partial charge in [-0.05, 0) is 42.0 Å². The van der Waals surface area contributed by atoms with Gasteiger partial charge in [-0.2, -0.15) is 22.0 Å². The van der Waals surface area contributed by atoms with Crippen molar-refractivity contribution < 1.29 is 31.5 Å². The van der Waals surface area contributed by atoms with E-state index in [1.165, 1.54) is 18.2 Å². The van der Waals surface area contributed by atoms with Crippen molar-refractivity contribution in [1.29, 1.82) is 0 Å². The molecule has 2 N–H and O–H groups in total. The third-order valence-electron chi connectivity index (χ3n) is 5.16. The number of amides is 1. The van der Waals surface area contributed by atoms with Crippen LogP contribution in [0.25, 0.3) is 0 Å². The summed E-state index contributed by atoms with van der Waals surface area (Å²) in [6, 6.07) is 8.41. The van der Waals surface area contributed by atoms with E-state index >= 15 is 0 Å². The summed E-state index contributed by atoms with van der Waals surface area (Å²) < 4.78 is 61.3. The van der Waals surface area contributed by atoms with E-state index in [0.717, 1.165) is 6.07 Å². The van der Waals surface area contributed by atoms with E-state index in [4.69, 9.17) is 58.0 Å². The van der Waals surface area contributed by atoms with Crippen LogP contribution in [0.4, 0.5) is 27.6 Å². The van der Waals surface area contributed by atoms with Gasteiger partial charge < -0.3 is 10.6 Å². The number of halogens is 10. The van der Waals surface area contributed by atoms with E-state index in [1.54, 1.807) is 17.4 Å². The molecule has 14 heteroatoms. The van der Waals surface area contributed by atoms with E-state index in [9.17, 15) is 31.5 Å². The molecule has 0 bridgehead atoms. The van der Waals surface area contributed by atoms with Gasteiger partial charge in [-0.3, -0.25) is 9.59 Å². The molecule has 1 amide bonds. The third kappa shape index (κ3) is 6.32. The fraction of sp³-hybridized carbons (Fsp3) is 0.333. The molecule has 35 heavy (non-hydrogen) atoms. The fourth-order valence-electron chi connectivity index (χ4n) is 3.39. The third-order valence-corrected chi connectivity index (χ3v) is 6.87. The number of anilines is 1. The Kier molecular flexibility index (Phi) is 8.21. The van der Waals surface area contributed by atoms with Crippen LogP contribution in [0.2, 0.25) is 15.1 Å². The number of alkyl halides is 7.